The Labute approximate surface area is 143 Å². The van der Waals surface area contributed by atoms with Gasteiger partial charge in [-0.25, -0.2) is 0 Å². The number of nitrogens with one attached hydrogen (secondary N) is 1. The summed E-state index contributed by atoms with van der Waals surface area (Å²) >= 11 is 4.90. The molecule has 7 heteroatoms. The lowest BCUT2D eigenvalue weighted by Crippen LogP contribution is -2.32. The Morgan fingerprint density at radius 3 is 2.52 bits per heavy atom. The van der Waals surface area contributed by atoms with Crippen molar-refractivity contribution in [1.29, 1.82) is 0 Å². The molecule has 1 N–H and O–H groups in total. The SMILES string of the molecule is COc1cc(C(=O)N2CC[C@@H]3CNC[C@@H]3CC2)sc1Br.Cl. The van der Waals surface area contributed by atoms with E-state index < -0.39 is 0 Å². The molecule has 118 valence electrons. The lowest BCUT2D eigenvalue weighted by atomic mass is 9.92. The number of hydrogen-bond donors (Lipinski definition) is 1. The molecule has 0 unspecified atom stereocenters. The number of halogens is 2. The normalized spacial score (nSPS) is 25.0. The van der Waals surface area contributed by atoms with Crippen LogP contribution in [0.4, 0.5) is 0 Å². The van der Waals surface area contributed by atoms with Crippen LogP contribution < -0.4 is 10.1 Å². The molecule has 3 heterocycles. The first-order valence-electron chi connectivity index (χ1n) is 7.02. The van der Waals surface area contributed by atoms with E-state index in [9.17, 15) is 4.79 Å². The van der Waals surface area contributed by atoms with Crippen molar-refractivity contribution in [2.75, 3.05) is 33.3 Å². The van der Waals surface area contributed by atoms with Crippen LogP contribution >= 0.6 is 39.7 Å². The van der Waals surface area contributed by atoms with Crippen molar-refractivity contribution < 1.29 is 9.53 Å². The van der Waals surface area contributed by atoms with E-state index in [-0.39, 0.29) is 18.3 Å². The molecule has 21 heavy (non-hydrogen) atoms. The number of ether oxygens (including phenoxy) is 1. The van der Waals surface area contributed by atoms with E-state index in [1.807, 2.05) is 11.0 Å². The van der Waals surface area contributed by atoms with Gasteiger partial charge in [0.2, 0.25) is 0 Å². The van der Waals surface area contributed by atoms with Crippen LogP contribution in [0, 0.1) is 11.8 Å². The predicted octanol–water partition coefficient (Wildman–Crippen LogP) is 3.01. The minimum absolute atomic E-state index is 0. The third-order valence-electron chi connectivity index (χ3n) is 4.39. The summed E-state index contributed by atoms with van der Waals surface area (Å²) in [7, 11) is 1.63. The number of carbonyl (C=O) groups is 1. The standard InChI is InChI=1S/C14H19BrN2O2S.ClH/c1-19-11-6-12(20-13(11)15)14(18)17-4-2-9-7-16-8-10(9)3-5-17;/h6,9-10,16H,2-5,7-8H2,1H3;1H/t9-,10+;. The molecule has 0 spiro atoms. The van der Waals surface area contributed by atoms with Crippen LogP contribution in [-0.2, 0) is 0 Å². The molecule has 0 bridgehead atoms. The highest BCUT2D eigenvalue weighted by Gasteiger charge is 2.32. The fraction of sp³-hybridized carbons (Fsp3) is 0.643. The van der Waals surface area contributed by atoms with Crippen molar-refractivity contribution in [3.63, 3.8) is 0 Å². The summed E-state index contributed by atoms with van der Waals surface area (Å²) in [5, 5.41) is 3.46. The van der Waals surface area contributed by atoms with Crippen molar-refractivity contribution in [3.05, 3.63) is 14.7 Å². The van der Waals surface area contributed by atoms with E-state index >= 15 is 0 Å². The third kappa shape index (κ3) is 3.55. The molecule has 1 aromatic heterocycles. The van der Waals surface area contributed by atoms with Gasteiger partial charge in [0.1, 0.15) is 9.54 Å². The summed E-state index contributed by atoms with van der Waals surface area (Å²) in [5.74, 6) is 2.39. The Morgan fingerprint density at radius 1 is 1.38 bits per heavy atom. The number of hydrogen-bond acceptors (Lipinski definition) is 4. The minimum atomic E-state index is 0. The maximum absolute atomic E-state index is 12.6. The maximum atomic E-state index is 12.6. The fourth-order valence-electron chi connectivity index (χ4n) is 3.17. The van der Waals surface area contributed by atoms with Crippen LogP contribution in [0.5, 0.6) is 5.75 Å². The van der Waals surface area contributed by atoms with Gasteiger partial charge in [-0.1, -0.05) is 0 Å². The van der Waals surface area contributed by atoms with Crippen molar-refractivity contribution in [2.24, 2.45) is 11.8 Å². The Balaban J connectivity index is 0.00000161. The average Bonchev–Trinajstić information content (AvgIpc) is 3.00. The van der Waals surface area contributed by atoms with Gasteiger partial charge < -0.3 is 15.0 Å². The van der Waals surface area contributed by atoms with Crippen molar-refractivity contribution in [3.8, 4) is 5.75 Å². The first kappa shape index (κ1) is 17.1. The molecular weight excluding hydrogens is 376 g/mol. The van der Waals surface area contributed by atoms with Gasteiger partial charge in [0.15, 0.2) is 0 Å². The number of thiophene rings is 1. The Morgan fingerprint density at radius 2 is 2.00 bits per heavy atom. The van der Waals surface area contributed by atoms with E-state index in [1.54, 1.807) is 7.11 Å². The number of methoxy groups -OCH3 is 1. The molecule has 2 aliphatic heterocycles. The number of rotatable bonds is 2. The van der Waals surface area contributed by atoms with Crippen molar-refractivity contribution in [1.82, 2.24) is 10.2 Å². The van der Waals surface area contributed by atoms with Gasteiger partial charge in [0.05, 0.1) is 12.0 Å². The average molecular weight is 396 g/mol. The number of likely N-dealkylation sites (tertiary alicyclic amines) is 1. The summed E-state index contributed by atoms with van der Waals surface area (Å²) in [4.78, 5) is 15.4. The maximum Gasteiger partial charge on any atom is 0.264 e. The Hall–Kier alpha value is -0.300. The zero-order chi connectivity index (χ0) is 14.1. The molecule has 2 aliphatic rings. The van der Waals surface area contributed by atoms with Crippen LogP contribution in [0.3, 0.4) is 0 Å². The second-order valence-corrected chi connectivity index (χ2v) is 7.87. The summed E-state index contributed by atoms with van der Waals surface area (Å²) in [5.41, 5.74) is 0. The topological polar surface area (TPSA) is 41.6 Å². The quantitative estimate of drug-likeness (QED) is 0.837. The molecule has 0 radical (unpaired) electrons. The molecular formula is C14H20BrClN2O2S. The molecule has 0 aliphatic carbocycles. The van der Waals surface area contributed by atoms with E-state index in [4.69, 9.17) is 4.74 Å². The fourth-order valence-corrected chi connectivity index (χ4v) is 4.79. The highest BCUT2D eigenvalue weighted by atomic mass is 79.9. The number of nitrogens with zero attached hydrogens (tertiary/aromatic N) is 1. The Bertz CT molecular complexity index is 497. The van der Waals surface area contributed by atoms with Crippen LogP contribution in [0.1, 0.15) is 22.5 Å². The molecule has 3 rings (SSSR count). The van der Waals surface area contributed by atoms with Gasteiger partial charge in [-0.15, -0.1) is 23.7 Å². The van der Waals surface area contributed by atoms with Crippen LogP contribution in [-0.4, -0.2) is 44.1 Å². The summed E-state index contributed by atoms with van der Waals surface area (Å²) in [6.45, 7) is 3.98. The monoisotopic (exact) mass is 394 g/mol. The summed E-state index contributed by atoms with van der Waals surface area (Å²) in [6, 6.07) is 1.84. The minimum Gasteiger partial charge on any atom is -0.495 e. The number of amides is 1. The highest BCUT2D eigenvalue weighted by molar-refractivity contribution is 9.11. The summed E-state index contributed by atoms with van der Waals surface area (Å²) < 4.78 is 6.12. The second kappa shape index (κ2) is 7.31. The lowest BCUT2D eigenvalue weighted by Gasteiger charge is -2.20. The highest BCUT2D eigenvalue weighted by Crippen LogP contribution is 2.35. The van der Waals surface area contributed by atoms with Gasteiger partial charge in [0.25, 0.3) is 5.91 Å². The molecule has 1 amide bonds. The van der Waals surface area contributed by atoms with Gasteiger partial charge in [0, 0.05) is 19.2 Å². The van der Waals surface area contributed by atoms with Gasteiger partial charge in [-0.3, -0.25) is 4.79 Å². The lowest BCUT2D eigenvalue weighted by molar-refractivity contribution is 0.0763. The second-order valence-electron chi connectivity index (χ2n) is 5.50. The predicted molar refractivity (Wildman–Crippen MR) is 90.8 cm³/mol. The van der Waals surface area contributed by atoms with Crippen molar-refractivity contribution in [2.45, 2.75) is 12.8 Å². The molecule has 0 aromatic carbocycles. The van der Waals surface area contributed by atoms with E-state index in [0.29, 0.717) is 0 Å². The third-order valence-corrected chi connectivity index (χ3v) is 6.16. The zero-order valence-corrected chi connectivity index (χ0v) is 15.2. The van der Waals surface area contributed by atoms with Gasteiger partial charge >= 0.3 is 0 Å². The first-order valence-corrected chi connectivity index (χ1v) is 8.63. The van der Waals surface area contributed by atoms with E-state index in [1.165, 1.54) is 11.3 Å². The van der Waals surface area contributed by atoms with Gasteiger partial charge in [-0.05, 0) is 53.7 Å². The largest absolute Gasteiger partial charge is 0.495 e. The molecule has 4 nitrogen and oxygen atoms in total. The van der Waals surface area contributed by atoms with E-state index in [0.717, 1.165) is 65.3 Å². The van der Waals surface area contributed by atoms with Crippen LogP contribution in [0.15, 0.2) is 9.85 Å². The summed E-state index contributed by atoms with van der Waals surface area (Å²) in [6.07, 6.45) is 2.24. The number of fused-ring (bicyclic) bond motifs is 1. The van der Waals surface area contributed by atoms with Crippen molar-refractivity contribution >= 4 is 45.6 Å². The molecule has 0 saturated carbocycles. The van der Waals surface area contributed by atoms with Crippen LogP contribution in [0.2, 0.25) is 0 Å². The smallest absolute Gasteiger partial charge is 0.264 e. The molecule has 2 fully saturated rings. The van der Waals surface area contributed by atoms with Crippen LogP contribution in [0.25, 0.3) is 0 Å². The molecule has 1 aromatic rings. The number of carbonyl (C=O) groups excluding carboxylic acids is 1. The van der Waals surface area contributed by atoms with Gasteiger partial charge in [-0.2, -0.15) is 0 Å². The Kier molecular flexibility index (Phi) is 5.94. The molecule has 2 saturated heterocycles. The zero-order valence-electron chi connectivity index (χ0n) is 11.9. The molecule has 2 atom stereocenters. The van der Waals surface area contributed by atoms with E-state index in [2.05, 4.69) is 21.2 Å². The first-order chi connectivity index (χ1) is 9.69.